The van der Waals surface area contributed by atoms with Crippen LogP contribution in [0.2, 0.25) is 0 Å². The minimum Gasteiger partial charge on any atom is -0.321 e. The third-order valence-electron chi connectivity index (χ3n) is 3.38. The lowest BCUT2D eigenvalue weighted by Crippen LogP contribution is -2.14. The number of aromatic nitrogens is 1. The molecule has 0 unspecified atom stereocenters. The van der Waals surface area contributed by atoms with E-state index in [2.05, 4.69) is 10.3 Å². The molecule has 1 aromatic heterocycles. The minimum atomic E-state index is -4.48. The van der Waals surface area contributed by atoms with Crippen molar-refractivity contribution >= 4 is 22.4 Å². The van der Waals surface area contributed by atoms with Crippen molar-refractivity contribution in [1.82, 2.24) is 4.98 Å². The second-order valence-corrected chi connectivity index (χ2v) is 4.94. The van der Waals surface area contributed by atoms with E-state index in [4.69, 9.17) is 0 Å². The first-order chi connectivity index (χ1) is 10.9. The zero-order valence-corrected chi connectivity index (χ0v) is 11.8. The van der Waals surface area contributed by atoms with E-state index in [1.165, 1.54) is 12.1 Å². The molecule has 0 aliphatic rings. The van der Waals surface area contributed by atoms with Crippen LogP contribution in [0.4, 0.5) is 18.9 Å². The van der Waals surface area contributed by atoms with E-state index in [1.54, 1.807) is 30.6 Å². The van der Waals surface area contributed by atoms with Crippen LogP contribution in [0.3, 0.4) is 0 Å². The van der Waals surface area contributed by atoms with Gasteiger partial charge in [-0.25, -0.2) is 0 Å². The largest absolute Gasteiger partial charge is 0.416 e. The van der Waals surface area contributed by atoms with Crippen molar-refractivity contribution < 1.29 is 18.0 Å². The Hall–Kier alpha value is -2.89. The molecule has 3 aromatic rings. The van der Waals surface area contributed by atoms with Crippen LogP contribution in [0.15, 0.2) is 60.9 Å². The van der Waals surface area contributed by atoms with Crippen molar-refractivity contribution in [2.24, 2.45) is 0 Å². The van der Waals surface area contributed by atoms with Gasteiger partial charge < -0.3 is 5.32 Å². The fourth-order valence-corrected chi connectivity index (χ4v) is 2.26. The highest BCUT2D eigenvalue weighted by Crippen LogP contribution is 2.30. The van der Waals surface area contributed by atoms with Gasteiger partial charge in [0, 0.05) is 34.4 Å². The highest BCUT2D eigenvalue weighted by Gasteiger charge is 2.30. The number of pyridine rings is 1. The van der Waals surface area contributed by atoms with Gasteiger partial charge in [0.2, 0.25) is 0 Å². The van der Waals surface area contributed by atoms with Gasteiger partial charge in [-0.15, -0.1) is 0 Å². The fraction of sp³-hybridized carbons (Fsp3) is 0.0588. The lowest BCUT2D eigenvalue weighted by atomic mass is 10.1. The summed E-state index contributed by atoms with van der Waals surface area (Å²) >= 11 is 0. The average Bonchev–Trinajstić information content (AvgIpc) is 2.54. The molecule has 0 aliphatic heterocycles. The molecule has 0 fully saturated rings. The van der Waals surface area contributed by atoms with Crippen LogP contribution in [0.25, 0.3) is 10.8 Å². The summed E-state index contributed by atoms with van der Waals surface area (Å²) in [5.74, 6) is -0.597. The monoisotopic (exact) mass is 316 g/mol. The quantitative estimate of drug-likeness (QED) is 0.756. The van der Waals surface area contributed by atoms with E-state index in [0.29, 0.717) is 5.69 Å². The zero-order valence-electron chi connectivity index (χ0n) is 11.8. The van der Waals surface area contributed by atoms with Gasteiger partial charge in [0.1, 0.15) is 0 Å². The van der Waals surface area contributed by atoms with E-state index in [1.807, 2.05) is 6.07 Å². The summed E-state index contributed by atoms with van der Waals surface area (Å²) in [6.45, 7) is 0. The van der Waals surface area contributed by atoms with E-state index in [0.717, 1.165) is 22.9 Å². The molecular formula is C17H11F3N2O. The number of amides is 1. The summed E-state index contributed by atoms with van der Waals surface area (Å²) in [5, 5.41) is 4.24. The number of nitrogens with one attached hydrogen (secondary N) is 1. The smallest absolute Gasteiger partial charge is 0.321 e. The Morgan fingerprint density at radius 3 is 2.61 bits per heavy atom. The maximum Gasteiger partial charge on any atom is 0.416 e. The zero-order chi connectivity index (χ0) is 16.4. The van der Waals surface area contributed by atoms with Crippen LogP contribution in [0.5, 0.6) is 0 Å². The highest BCUT2D eigenvalue weighted by molar-refractivity contribution is 6.09. The molecule has 23 heavy (non-hydrogen) atoms. The SMILES string of the molecule is O=C(Nc1cccc2cnccc12)c1cccc(C(F)(F)F)c1. The first kappa shape index (κ1) is 15.0. The predicted molar refractivity (Wildman–Crippen MR) is 81.1 cm³/mol. The molecule has 6 heteroatoms. The number of benzene rings is 2. The molecule has 116 valence electrons. The highest BCUT2D eigenvalue weighted by atomic mass is 19.4. The molecule has 1 amide bonds. The van der Waals surface area contributed by atoms with Gasteiger partial charge in [-0.05, 0) is 30.3 Å². The van der Waals surface area contributed by atoms with Crippen LogP contribution in [-0.4, -0.2) is 10.9 Å². The summed E-state index contributed by atoms with van der Waals surface area (Å²) < 4.78 is 38.2. The number of fused-ring (bicyclic) bond motifs is 1. The Morgan fingerprint density at radius 1 is 1.04 bits per heavy atom. The van der Waals surface area contributed by atoms with E-state index < -0.39 is 17.6 Å². The topological polar surface area (TPSA) is 42.0 Å². The standard InChI is InChI=1S/C17H11F3N2O/c18-17(19,20)13-5-1-3-11(9-13)16(23)22-15-6-2-4-12-10-21-8-7-14(12)15/h1-10H,(H,22,23). The number of hydrogen-bond donors (Lipinski definition) is 1. The molecule has 3 rings (SSSR count). The second kappa shape index (κ2) is 5.72. The van der Waals surface area contributed by atoms with Gasteiger partial charge in [-0.1, -0.05) is 18.2 Å². The fourth-order valence-electron chi connectivity index (χ4n) is 2.26. The van der Waals surface area contributed by atoms with E-state index in [-0.39, 0.29) is 5.56 Å². The van der Waals surface area contributed by atoms with Gasteiger partial charge in [-0.2, -0.15) is 13.2 Å². The van der Waals surface area contributed by atoms with Crippen molar-refractivity contribution in [1.29, 1.82) is 0 Å². The first-order valence-corrected chi connectivity index (χ1v) is 6.76. The maximum atomic E-state index is 12.7. The molecule has 0 radical (unpaired) electrons. The maximum absolute atomic E-state index is 12.7. The van der Waals surface area contributed by atoms with Crippen molar-refractivity contribution in [3.63, 3.8) is 0 Å². The van der Waals surface area contributed by atoms with Crippen LogP contribution >= 0.6 is 0 Å². The number of carbonyl (C=O) groups excluding carboxylic acids is 1. The number of hydrogen-bond acceptors (Lipinski definition) is 2. The number of nitrogens with zero attached hydrogens (tertiary/aromatic N) is 1. The van der Waals surface area contributed by atoms with E-state index in [9.17, 15) is 18.0 Å². The Morgan fingerprint density at radius 2 is 1.83 bits per heavy atom. The molecule has 0 bridgehead atoms. The van der Waals surface area contributed by atoms with Crippen molar-refractivity contribution in [2.45, 2.75) is 6.18 Å². The van der Waals surface area contributed by atoms with Gasteiger partial charge in [0.05, 0.1) is 5.56 Å². The molecule has 0 saturated heterocycles. The number of alkyl halides is 3. The lowest BCUT2D eigenvalue weighted by molar-refractivity contribution is -0.137. The summed E-state index contributed by atoms with van der Waals surface area (Å²) in [4.78, 5) is 16.2. The van der Waals surface area contributed by atoms with Crippen LogP contribution in [0.1, 0.15) is 15.9 Å². The van der Waals surface area contributed by atoms with Crippen molar-refractivity contribution in [3.8, 4) is 0 Å². The molecule has 2 aromatic carbocycles. The molecule has 1 N–H and O–H groups in total. The Labute approximate surface area is 129 Å². The second-order valence-electron chi connectivity index (χ2n) is 4.94. The Balaban J connectivity index is 1.92. The Bertz CT molecular complexity index is 870. The van der Waals surface area contributed by atoms with Crippen LogP contribution < -0.4 is 5.32 Å². The predicted octanol–water partition coefficient (Wildman–Crippen LogP) is 4.51. The number of anilines is 1. The van der Waals surface area contributed by atoms with Crippen LogP contribution in [0, 0.1) is 0 Å². The third kappa shape index (κ3) is 3.15. The van der Waals surface area contributed by atoms with Crippen molar-refractivity contribution in [3.05, 3.63) is 72.1 Å². The summed E-state index contributed by atoms with van der Waals surface area (Å²) in [5.41, 5.74) is -0.384. The average molecular weight is 316 g/mol. The number of rotatable bonds is 2. The molecular weight excluding hydrogens is 305 g/mol. The van der Waals surface area contributed by atoms with Gasteiger partial charge in [-0.3, -0.25) is 9.78 Å². The molecule has 1 heterocycles. The summed E-state index contributed by atoms with van der Waals surface area (Å²) in [6.07, 6.45) is -1.25. The summed E-state index contributed by atoms with van der Waals surface area (Å²) in [7, 11) is 0. The Kier molecular flexibility index (Phi) is 3.73. The van der Waals surface area contributed by atoms with Crippen molar-refractivity contribution in [2.75, 3.05) is 5.32 Å². The summed E-state index contributed by atoms with van der Waals surface area (Å²) in [6, 6.07) is 11.3. The van der Waals surface area contributed by atoms with E-state index >= 15 is 0 Å². The van der Waals surface area contributed by atoms with Crippen LogP contribution in [-0.2, 0) is 6.18 Å². The minimum absolute atomic E-state index is 0.0501. The number of carbonyl (C=O) groups is 1. The number of halogens is 3. The van der Waals surface area contributed by atoms with Gasteiger partial charge in [0.25, 0.3) is 5.91 Å². The molecule has 0 aliphatic carbocycles. The molecule has 0 saturated carbocycles. The molecule has 0 atom stereocenters. The normalized spacial score (nSPS) is 11.4. The van der Waals surface area contributed by atoms with Gasteiger partial charge >= 0.3 is 6.18 Å². The first-order valence-electron chi connectivity index (χ1n) is 6.76. The molecule has 0 spiro atoms. The van der Waals surface area contributed by atoms with Gasteiger partial charge in [0.15, 0.2) is 0 Å². The third-order valence-corrected chi connectivity index (χ3v) is 3.38. The lowest BCUT2D eigenvalue weighted by Gasteiger charge is -2.10. The molecule has 3 nitrogen and oxygen atoms in total.